The molecule has 1 amide bonds. The highest BCUT2D eigenvalue weighted by Crippen LogP contribution is 2.44. The molecule has 0 radical (unpaired) electrons. The van der Waals surface area contributed by atoms with Crippen LogP contribution in [0.2, 0.25) is 0 Å². The van der Waals surface area contributed by atoms with Crippen LogP contribution in [-0.4, -0.2) is 88.8 Å². The van der Waals surface area contributed by atoms with E-state index in [1.807, 2.05) is 11.0 Å². The summed E-state index contributed by atoms with van der Waals surface area (Å²) in [5.74, 6) is -1.12. The number of alkyl halides is 1. The van der Waals surface area contributed by atoms with Crippen LogP contribution in [0.3, 0.4) is 0 Å². The standard InChI is InChI=1S/C30H28F3N7O4S/c31-16-11-30(5-1-7-40(30)14-16)15-44-28-36-24-19(26(37-28)39-6-2-9-43-10-8-39)13-35-23(22(24)33)17-3-4-20(32)25-21(17)18(12-34)27(45-25)38-29(41)42/h3-4,13,16,38H,1-2,5-11,14-15H2,(H,41,42)/t16-,30+/m1/s1. The van der Waals surface area contributed by atoms with E-state index in [-0.39, 0.29) is 50.0 Å². The topological polar surface area (TPSA) is 137 Å². The highest BCUT2D eigenvalue weighted by molar-refractivity contribution is 7.23. The maximum atomic E-state index is 16.7. The van der Waals surface area contributed by atoms with Crippen molar-refractivity contribution in [2.75, 3.05) is 56.2 Å². The van der Waals surface area contributed by atoms with Crippen molar-refractivity contribution in [2.24, 2.45) is 0 Å². The van der Waals surface area contributed by atoms with Crippen molar-refractivity contribution in [3.05, 3.63) is 35.5 Å². The fourth-order valence-corrected chi connectivity index (χ4v) is 7.85. The molecular formula is C30H28F3N7O4S. The first kappa shape index (κ1) is 29.5. The number of aromatic nitrogens is 3. The number of hydrogen-bond donors (Lipinski definition) is 2. The van der Waals surface area contributed by atoms with Crippen LogP contribution < -0.4 is 15.0 Å². The van der Waals surface area contributed by atoms with Gasteiger partial charge >= 0.3 is 12.1 Å². The minimum absolute atomic E-state index is 0.0193. The minimum Gasteiger partial charge on any atom is -0.465 e. The molecule has 0 spiro atoms. The van der Waals surface area contributed by atoms with Crippen molar-refractivity contribution in [2.45, 2.75) is 37.4 Å². The average molecular weight is 640 g/mol. The minimum atomic E-state index is -1.43. The smallest absolute Gasteiger partial charge is 0.409 e. The molecule has 3 aromatic heterocycles. The van der Waals surface area contributed by atoms with Gasteiger partial charge in [-0.2, -0.15) is 15.2 Å². The molecule has 3 aliphatic heterocycles. The van der Waals surface area contributed by atoms with Gasteiger partial charge in [0.15, 0.2) is 5.82 Å². The summed E-state index contributed by atoms with van der Waals surface area (Å²) in [5, 5.41) is 21.5. The maximum Gasteiger partial charge on any atom is 0.409 e. The Morgan fingerprint density at radius 3 is 2.93 bits per heavy atom. The predicted molar refractivity (Wildman–Crippen MR) is 161 cm³/mol. The molecular weight excluding hydrogens is 611 g/mol. The molecule has 3 saturated heterocycles. The first-order valence-corrected chi connectivity index (χ1v) is 15.5. The Morgan fingerprint density at radius 1 is 1.24 bits per heavy atom. The third-order valence-corrected chi connectivity index (χ3v) is 9.89. The van der Waals surface area contributed by atoms with E-state index in [4.69, 9.17) is 9.47 Å². The van der Waals surface area contributed by atoms with E-state index in [9.17, 15) is 23.9 Å². The third-order valence-electron chi connectivity index (χ3n) is 8.77. The second-order valence-electron chi connectivity index (χ2n) is 11.5. The summed E-state index contributed by atoms with van der Waals surface area (Å²) in [6.45, 7) is 3.40. The largest absolute Gasteiger partial charge is 0.465 e. The molecule has 234 valence electrons. The molecule has 2 N–H and O–H groups in total. The fraction of sp³-hybridized carbons (Fsp3) is 0.433. The number of amides is 1. The SMILES string of the molecule is N#Cc1c(NC(=O)O)sc2c(F)ccc(-c3ncc4c(N5CCCOCC5)nc(OC[C@@]56CCCN5C[C@H](F)C6)nc4c3F)c12. The van der Waals surface area contributed by atoms with E-state index < -0.39 is 29.4 Å². The van der Waals surface area contributed by atoms with E-state index in [2.05, 4.69) is 25.2 Å². The number of thiophene rings is 1. The molecule has 2 atom stereocenters. The van der Waals surface area contributed by atoms with Crippen LogP contribution in [0.5, 0.6) is 6.01 Å². The Morgan fingerprint density at radius 2 is 2.11 bits per heavy atom. The zero-order chi connectivity index (χ0) is 31.3. The molecule has 0 bridgehead atoms. The number of benzene rings is 1. The Bertz CT molecular complexity index is 1860. The molecule has 3 aliphatic rings. The number of carbonyl (C=O) groups is 1. The first-order valence-electron chi connectivity index (χ1n) is 14.6. The molecule has 6 heterocycles. The molecule has 0 aliphatic carbocycles. The first-order chi connectivity index (χ1) is 21.8. The van der Waals surface area contributed by atoms with Crippen LogP contribution in [0.1, 0.15) is 31.2 Å². The van der Waals surface area contributed by atoms with Crippen LogP contribution in [-0.2, 0) is 4.74 Å². The second-order valence-corrected chi connectivity index (χ2v) is 12.5. The lowest BCUT2D eigenvalue weighted by atomic mass is 9.95. The maximum absolute atomic E-state index is 16.7. The number of nitriles is 1. The average Bonchev–Trinajstić information content (AvgIpc) is 3.57. The number of rotatable bonds is 6. The van der Waals surface area contributed by atoms with Crippen LogP contribution >= 0.6 is 11.3 Å². The van der Waals surface area contributed by atoms with Crippen molar-refractivity contribution in [1.82, 2.24) is 19.9 Å². The van der Waals surface area contributed by atoms with Gasteiger partial charge in [-0.1, -0.05) is 0 Å². The monoisotopic (exact) mass is 639 g/mol. The zero-order valence-corrected chi connectivity index (χ0v) is 24.8. The normalized spacial score (nSPS) is 22.0. The van der Waals surface area contributed by atoms with Crippen molar-refractivity contribution < 1.29 is 32.5 Å². The Balaban J connectivity index is 1.36. The van der Waals surface area contributed by atoms with E-state index in [0.717, 1.165) is 43.2 Å². The number of carboxylic acid groups (broad SMARTS) is 1. The fourth-order valence-electron chi connectivity index (χ4n) is 6.78. The lowest BCUT2D eigenvalue weighted by Crippen LogP contribution is -2.43. The van der Waals surface area contributed by atoms with Crippen molar-refractivity contribution in [3.8, 4) is 23.3 Å². The number of pyridine rings is 1. The predicted octanol–water partition coefficient (Wildman–Crippen LogP) is 5.33. The molecule has 45 heavy (non-hydrogen) atoms. The highest BCUT2D eigenvalue weighted by Gasteiger charge is 2.49. The van der Waals surface area contributed by atoms with Crippen molar-refractivity contribution >= 4 is 49.2 Å². The lowest BCUT2D eigenvalue weighted by Gasteiger charge is -2.31. The van der Waals surface area contributed by atoms with Gasteiger partial charge in [-0.25, -0.2) is 18.0 Å². The molecule has 0 saturated carbocycles. The number of nitrogens with zero attached hydrogens (tertiary/aromatic N) is 6. The number of anilines is 2. The second kappa shape index (κ2) is 11.6. The van der Waals surface area contributed by atoms with E-state index in [1.165, 1.54) is 12.3 Å². The van der Waals surface area contributed by atoms with Crippen molar-refractivity contribution in [1.29, 1.82) is 5.26 Å². The van der Waals surface area contributed by atoms with Crippen molar-refractivity contribution in [3.63, 3.8) is 0 Å². The van der Waals surface area contributed by atoms with Gasteiger partial charge in [0.1, 0.15) is 46.7 Å². The summed E-state index contributed by atoms with van der Waals surface area (Å²) in [6, 6.07) is 4.29. The van der Waals surface area contributed by atoms with Gasteiger partial charge in [-0.05, 0) is 37.9 Å². The Labute approximate surface area is 259 Å². The molecule has 7 rings (SSSR count). The molecule has 11 nitrogen and oxygen atoms in total. The number of nitrogens with one attached hydrogen (secondary N) is 1. The molecule has 3 fully saturated rings. The van der Waals surface area contributed by atoms with Crippen LogP contribution in [0, 0.1) is 23.0 Å². The van der Waals surface area contributed by atoms with Gasteiger partial charge < -0.3 is 19.5 Å². The Kier molecular flexibility index (Phi) is 7.58. The van der Waals surface area contributed by atoms with Crippen LogP contribution in [0.25, 0.3) is 32.2 Å². The third kappa shape index (κ3) is 5.16. The van der Waals surface area contributed by atoms with Crippen LogP contribution in [0.15, 0.2) is 18.3 Å². The molecule has 15 heteroatoms. The number of halogens is 3. The van der Waals surface area contributed by atoms with Gasteiger partial charge in [0, 0.05) is 49.8 Å². The summed E-state index contributed by atoms with van der Waals surface area (Å²) in [7, 11) is 0. The lowest BCUT2D eigenvalue weighted by molar-refractivity contribution is 0.107. The quantitative estimate of drug-likeness (QED) is 0.285. The van der Waals surface area contributed by atoms with E-state index in [0.29, 0.717) is 50.5 Å². The van der Waals surface area contributed by atoms with Gasteiger partial charge in [0.2, 0.25) is 0 Å². The zero-order valence-electron chi connectivity index (χ0n) is 24.0. The highest BCUT2D eigenvalue weighted by atomic mass is 32.1. The number of hydrogen-bond acceptors (Lipinski definition) is 10. The van der Waals surface area contributed by atoms with E-state index >= 15 is 4.39 Å². The molecule has 4 aromatic rings. The van der Waals surface area contributed by atoms with E-state index in [1.54, 1.807) is 0 Å². The number of ether oxygens (including phenoxy) is 2. The summed E-state index contributed by atoms with van der Waals surface area (Å²) in [4.78, 5) is 29.0. The summed E-state index contributed by atoms with van der Waals surface area (Å²) >= 11 is 0.739. The van der Waals surface area contributed by atoms with Gasteiger partial charge in [-0.3, -0.25) is 15.2 Å². The van der Waals surface area contributed by atoms with Gasteiger partial charge in [0.05, 0.1) is 27.8 Å². The van der Waals surface area contributed by atoms with Crippen LogP contribution in [0.4, 0.5) is 28.8 Å². The Hall–Kier alpha value is -4.26. The summed E-state index contributed by atoms with van der Waals surface area (Å²) < 4.78 is 57.7. The molecule has 1 aromatic carbocycles. The van der Waals surface area contributed by atoms with Gasteiger partial charge in [0.25, 0.3) is 0 Å². The summed E-state index contributed by atoms with van der Waals surface area (Å²) in [6.07, 6.45) is 1.85. The number of fused-ring (bicyclic) bond motifs is 3. The molecule has 0 unspecified atom stereocenters. The van der Waals surface area contributed by atoms with Gasteiger partial charge in [-0.15, -0.1) is 11.3 Å². The summed E-state index contributed by atoms with van der Waals surface area (Å²) in [5.41, 5.74) is -0.799.